The van der Waals surface area contributed by atoms with E-state index >= 15 is 0 Å². The molecule has 0 aromatic carbocycles. The second-order valence-electron chi connectivity index (χ2n) is 6.16. The van der Waals surface area contributed by atoms with Crippen molar-refractivity contribution in [2.75, 3.05) is 18.1 Å². The van der Waals surface area contributed by atoms with E-state index in [1.807, 2.05) is 20.8 Å². The molecule has 1 aliphatic heterocycles. The van der Waals surface area contributed by atoms with Crippen molar-refractivity contribution in [1.82, 2.24) is 9.78 Å². The Labute approximate surface area is 130 Å². The van der Waals surface area contributed by atoms with Gasteiger partial charge >= 0.3 is 12.1 Å². The summed E-state index contributed by atoms with van der Waals surface area (Å²) in [7, 11) is 0. The first kappa shape index (κ1) is 16.3. The predicted molar refractivity (Wildman–Crippen MR) is 81.0 cm³/mol. The van der Waals surface area contributed by atoms with Crippen LogP contribution in [-0.4, -0.2) is 40.6 Å². The Morgan fingerprint density at radius 3 is 2.59 bits per heavy atom. The zero-order valence-electron chi connectivity index (χ0n) is 13.6. The first-order chi connectivity index (χ1) is 10.3. The quantitative estimate of drug-likeness (QED) is 0.785. The third kappa shape index (κ3) is 3.58. The van der Waals surface area contributed by atoms with Crippen molar-refractivity contribution in [2.24, 2.45) is 0 Å². The molecule has 0 spiro atoms. The molecular formula is C15H23N3O4. The molecule has 0 unspecified atom stereocenters. The number of nitrogens with zero attached hydrogens (tertiary/aromatic N) is 3. The van der Waals surface area contributed by atoms with Crippen LogP contribution >= 0.6 is 0 Å². The number of anilines is 1. The van der Waals surface area contributed by atoms with Crippen LogP contribution in [0.4, 0.5) is 10.6 Å². The van der Waals surface area contributed by atoms with E-state index in [1.165, 1.54) is 11.1 Å². The zero-order chi connectivity index (χ0) is 16.3. The van der Waals surface area contributed by atoms with E-state index in [-0.39, 0.29) is 6.61 Å². The van der Waals surface area contributed by atoms with Crippen molar-refractivity contribution < 1.29 is 19.1 Å². The van der Waals surface area contributed by atoms with Crippen LogP contribution in [0, 0.1) is 0 Å². The van der Waals surface area contributed by atoms with Crippen molar-refractivity contribution in [2.45, 2.75) is 52.7 Å². The molecule has 0 atom stereocenters. The second-order valence-corrected chi connectivity index (χ2v) is 6.16. The average molecular weight is 309 g/mol. The van der Waals surface area contributed by atoms with Crippen molar-refractivity contribution in [1.29, 1.82) is 0 Å². The fourth-order valence-electron chi connectivity index (χ4n) is 2.31. The lowest BCUT2D eigenvalue weighted by atomic mass is 10.2. The molecule has 1 aromatic heterocycles. The fourth-order valence-corrected chi connectivity index (χ4v) is 2.31. The minimum absolute atomic E-state index is 0.274. The van der Waals surface area contributed by atoms with E-state index in [0.29, 0.717) is 24.5 Å². The Morgan fingerprint density at radius 1 is 1.27 bits per heavy atom. The Balaban J connectivity index is 2.36. The van der Waals surface area contributed by atoms with Crippen molar-refractivity contribution in [3.8, 4) is 0 Å². The highest BCUT2D eigenvalue weighted by Gasteiger charge is 2.31. The van der Waals surface area contributed by atoms with Crippen LogP contribution in [0.5, 0.6) is 0 Å². The summed E-state index contributed by atoms with van der Waals surface area (Å²) in [5.74, 6) is -0.00981. The van der Waals surface area contributed by atoms with Gasteiger partial charge in [0.05, 0.1) is 12.8 Å². The Bertz CT molecular complexity index is 560. The molecular weight excluding hydrogens is 286 g/mol. The third-order valence-electron chi connectivity index (χ3n) is 3.18. The van der Waals surface area contributed by atoms with E-state index in [1.54, 1.807) is 11.6 Å². The Morgan fingerprint density at radius 2 is 1.95 bits per heavy atom. The molecule has 1 aliphatic rings. The third-order valence-corrected chi connectivity index (χ3v) is 3.18. The van der Waals surface area contributed by atoms with Crippen LogP contribution in [-0.2, 0) is 16.0 Å². The van der Waals surface area contributed by atoms with E-state index in [4.69, 9.17) is 9.47 Å². The molecule has 2 rings (SSSR count). The molecule has 7 nitrogen and oxygen atoms in total. The number of hydrogen-bond acceptors (Lipinski definition) is 5. The summed E-state index contributed by atoms with van der Waals surface area (Å²) in [6.07, 6.45) is 2.69. The molecule has 0 aliphatic carbocycles. The lowest BCUT2D eigenvalue weighted by Crippen LogP contribution is -2.38. The molecule has 7 heteroatoms. The van der Waals surface area contributed by atoms with Gasteiger partial charge in [-0.15, -0.1) is 0 Å². The highest BCUT2D eigenvalue weighted by molar-refractivity contribution is 5.99. The van der Waals surface area contributed by atoms with E-state index in [0.717, 1.165) is 12.8 Å². The van der Waals surface area contributed by atoms with Gasteiger partial charge in [-0.05, 0) is 40.5 Å². The van der Waals surface area contributed by atoms with Crippen LogP contribution < -0.4 is 4.90 Å². The van der Waals surface area contributed by atoms with Crippen LogP contribution in [0.3, 0.4) is 0 Å². The monoisotopic (exact) mass is 309 g/mol. The molecule has 0 radical (unpaired) electrons. The van der Waals surface area contributed by atoms with Crippen LogP contribution in [0.1, 0.15) is 50.9 Å². The van der Waals surface area contributed by atoms with Gasteiger partial charge in [-0.1, -0.05) is 0 Å². The number of ether oxygens (including phenoxy) is 2. The van der Waals surface area contributed by atoms with Crippen molar-refractivity contribution >= 4 is 17.9 Å². The number of rotatable bonds is 2. The standard InChI is InChI=1S/C15H23N3O4/c1-5-21-13(19)11-10-16-18-9-7-6-8-17(12(11)18)14(20)22-15(2,3)4/h10H,5-9H2,1-4H3. The molecule has 0 saturated carbocycles. The first-order valence-electron chi connectivity index (χ1n) is 7.57. The van der Waals surface area contributed by atoms with E-state index in [2.05, 4.69) is 5.10 Å². The van der Waals surface area contributed by atoms with Gasteiger partial charge in [-0.25, -0.2) is 14.3 Å². The van der Waals surface area contributed by atoms with Crippen LogP contribution in [0.15, 0.2) is 6.20 Å². The molecule has 1 amide bonds. The maximum absolute atomic E-state index is 12.5. The van der Waals surface area contributed by atoms with Gasteiger partial charge in [0.2, 0.25) is 0 Å². The predicted octanol–water partition coefficient (Wildman–Crippen LogP) is 2.60. The number of hydrogen-bond donors (Lipinski definition) is 0. The number of fused-ring (bicyclic) bond motifs is 1. The van der Waals surface area contributed by atoms with Crippen LogP contribution in [0.2, 0.25) is 0 Å². The summed E-state index contributed by atoms with van der Waals surface area (Å²) >= 11 is 0. The van der Waals surface area contributed by atoms with Crippen molar-refractivity contribution in [3.63, 3.8) is 0 Å². The molecule has 122 valence electrons. The highest BCUT2D eigenvalue weighted by Crippen LogP contribution is 2.27. The summed E-state index contributed by atoms with van der Waals surface area (Å²) in [5, 5.41) is 4.22. The van der Waals surface area contributed by atoms with Gasteiger partial charge in [-0.3, -0.25) is 4.90 Å². The lowest BCUT2D eigenvalue weighted by molar-refractivity contribution is 0.0526. The maximum Gasteiger partial charge on any atom is 0.416 e. The van der Waals surface area contributed by atoms with Gasteiger partial charge in [-0.2, -0.15) is 5.10 Å². The Hall–Kier alpha value is -2.05. The molecule has 0 N–H and O–H groups in total. The summed E-state index contributed by atoms with van der Waals surface area (Å²) in [6.45, 7) is 8.60. The number of carbonyl (C=O) groups is 2. The first-order valence-corrected chi connectivity index (χ1v) is 7.57. The number of carbonyl (C=O) groups excluding carboxylic acids is 2. The van der Waals surface area contributed by atoms with E-state index < -0.39 is 17.7 Å². The van der Waals surface area contributed by atoms with Gasteiger partial charge in [0.25, 0.3) is 0 Å². The summed E-state index contributed by atoms with van der Waals surface area (Å²) in [4.78, 5) is 26.0. The summed E-state index contributed by atoms with van der Waals surface area (Å²) in [6, 6.07) is 0. The zero-order valence-corrected chi connectivity index (χ0v) is 13.6. The van der Waals surface area contributed by atoms with Gasteiger partial charge in [0, 0.05) is 13.1 Å². The normalized spacial score (nSPS) is 15.0. The number of esters is 1. The largest absolute Gasteiger partial charge is 0.462 e. The lowest BCUT2D eigenvalue weighted by Gasteiger charge is -2.26. The smallest absolute Gasteiger partial charge is 0.416 e. The number of aromatic nitrogens is 2. The summed E-state index contributed by atoms with van der Waals surface area (Å²) < 4.78 is 12.2. The minimum Gasteiger partial charge on any atom is -0.462 e. The molecule has 1 aromatic rings. The Kier molecular flexibility index (Phi) is 4.73. The molecule has 22 heavy (non-hydrogen) atoms. The molecule has 0 fully saturated rings. The maximum atomic E-state index is 12.5. The molecule has 0 bridgehead atoms. The van der Waals surface area contributed by atoms with Gasteiger partial charge in [0.15, 0.2) is 5.82 Å². The van der Waals surface area contributed by atoms with Gasteiger partial charge in [0.1, 0.15) is 11.2 Å². The average Bonchev–Trinajstić information content (AvgIpc) is 2.70. The fraction of sp³-hybridized carbons (Fsp3) is 0.667. The number of amides is 1. The number of aryl methyl sites for hydroxylation is 1. The SMILES string of the molecule is CCOC(=O)c1cnn2c1N(C(=O)OC(C)(C)C)CCCC2. The summed E-state index contributed by atoms with van der Waals surface area (Å²) in [5.41, 5.74) is -0.298. The topological polar surface area (TPSA) is 73.7 Å². The van der Waals surface area contributed by atoms with E-state index in [9.17, 15) is 9.59 Å². The van der Waals surface area contributed by atoms with Gasteiger partial charge < -0.3 is 9.47 Å². The van der Waals surface area contributed by atoms with Crippen LogP contribution in [0.25, 0.3) is 0 Å². The highest BCUT2D eigenvalue weighted by atomic mass is 16.6. The molecule has 2 heterocycles. The van der Waals surface area contributed by atoms with Crippen molar-refractivity contribution in [3.05, 3.63) is 11.8 Å². The minimum atomic E-state index is -0.599. The second kappa shape index (κ2) is 6.37. The molecule has 0 saturated heterocycles.